The molecule has 8 heteroatoms. The highest BCUT2D eigenvalue weighted by atomic mass is 16.5. The van der Waals surface area contributed by atoms with Crippen molar-refractivity contribution in [2.24, 2.45) is 0 Å². The van der Waals surface area contributed by atoms with Crippen molar-refractivity contribution >= 4 is 11.6 Å². The number of methoxy groups -OCH3 is 1. The molecule has 0 saturated carbocycles. The number of hydrogen-bond donors (Lipinski definition) is 1. The Bertz CT molecular complexity index is 1230. The van der Waals surface area contributed by atoms with E-state index in [-0.39, 0.29) is 18.6 Å². The van der Waals surface area contributed by atoms with E-state index < -0.39 is 0 Å². The normalized spacial score (nSPS) is 11.9. The highest BCUT2D eigenvalue weighted by Crippen LogP contribution is 2.23. The van der Waals surface area contributed by atoms with Gasteiger partial charge in [0.25, 0.3) is 5.91 Å². The number of ether oxygens (including phenoxy) is 2. The topological polar surface area (TPSA) is 90.6 Å². The minimum atomic E-state index is -0.381. The lowest BCUT2D eigenvalue weighted by Gasteiger charge is -2.14. The van der Waals surface area contributed by atoms with Crippen molar-refractivity contribution in [2.45, 2.75) is 26.8 Å². The summed E-state index contributed by atoms with van der Waals surface area (Å²) in [5.41, 5.74) is 4.36. The molecule has 1 amide bonds. The van der Waals surface area contributed by atoms with Crippen LogP contribution >= 0.6 is 0 Å². The first-order chi connectivity index (χ1) is 15.4. The van der Waals surface area contributed by atoms with Crippen LogP contribution in [0.25, 0.3) is 16.9 Å². The van der Waals surface area contributed by atoms with E-state index in [0.29, 0.717) is 11.5 Å². The number of fused-ring (bicyclic) bond motifs is 1. The minimum absolute atomic E-state index is 0.0768. The quantitative estimate of drug-likeness (QED) is 0.480. The molecule has 0 unspecified atom stereocenters. The Kier molecular flexibility index (Phi) is 6.02. The zero-order chi connectivity index (χ0) is 22.7. The molecule has 0 aliphatic carbocycles. The van der Waals surface area contributed by atoms with Gasteiger partial charge in [-0.15, -0.1) is 5.10 Å². The first-order valence-corrected chi connectivity index (χ1v) is 10.3. The summed E-state index contributed by atoms with van der Waals surface area (Å²) in [5.74, 6) is 1.78. The summed E-state index contributed by atoms with van der Waals surface area (Å²) in [7, 11) is 1.63. The fourth-order valence-electron chi connectivity index (χ4n) is 3.43. The fourth-order valence-corrected chi connectivity index (χ4v) is 3.43. The van der Waals surface area contributed by atoms with Crippen molar-refractivity contribution < 1.29 is 14.3 Å². The zero-order valence-electron chi connectivity index (χ0n) is 18.5. The van der Waals surface area contributed by atoms with Crippen molar-refractivity contribution in [2.75, 3.05) is 13.7 Å². The van der Waals surface area contributed by atoms with Crippen LogP contribution < -0.4 is 14.8 Å². The zero-order valence-corrected chi connectivity index (χ0v) is 18.5. The first kappa shape index (κ1) is 21.3. The van der Waals surface area contributed by atoms with E-state index in [1.807, 2.05) is 69.3 Å². The van der Waals surface area contributed by atoms with Crippen LogP contribution in [-0.2, 0) is 4.79 Å². The third-order valence-corrected chi connectivity index (χ3v) is 5.15. The standard InChI is InChI=1S/C24H25N5O3/c1-15-6-5-7-16(2)23(15)32-13-22(30)26-17(3)24-27-21-12-20(25-14-29(21)28-24)18-8-10-19(31-4)11-9-18/h5-12,14,17H,13H2,1-4H3,(H,26,30)/t17-/m0/s1. The van der Waals surface area contributed by atoms with Crippen LogP contribution in [0.15, 0.2) is 54.9 Å². The van der Waals surface area contributed by atoms with Gasteiger partial charge in [0.2, 0.25) is 0 Å². The van der Waals surface area contributed by atoms with Gasteiger partial charge in [0, 0.05) is 11.6 Å². The van der Waals surface area contributed by atoms with Crippen molar-refractivity contribution in [3.05, 3.63) is 71.8 Å². The molecule has 2 heterocycles. The second-order valence-electron chi connectivity index (χ2n) is 7.57. The maximum Gasteiger partial charge on any atom is 0.258 e. The summed E-state index contributed by atoms with van der Waals surface area (Å²) in [4.78, 5) is 21.4. The summed E-state index contributed by atoms with van der Waals surface area (Å²) in [6, 6.07) is 15.0. The van der Waals surface area contributed by atoms with E-state index in [1.54, 1.807) is 18.0 Å². The highest BCUT2D eigenvalue weighted by Gasteiger charge is 2.16. The predicted octanol–water partition coefficient (Wildman–Crippen LogP) is 3.67. The lowest BCUT2D eigenvalue weighted by Crippen LogP contribution is -2.32. The van der Waals surface area contributed by atoms with Gasteiger partial charge in [-0.2, -0.15) is 0 Å². The van der Waals surface area contributed by atoms with E-state index >= 15 is 0 Å². The monoisotopic (exact) mass is 431 g/mol. The van der Waals surface area contributed by atoms with Crippen LogP contribution in [0.2, 0.25) is 0 Å². The molecule has 164 valence electrons. The molecule has 0 bridgehead atoms. The molecule has 4 rings (SSSR count). The number of amides is 1. The van der Waals surface area contributed by atoms with E-state index in [0.717, 1.165) is 33.9 Å². The molecular formula is C24H25N5O3. The molecule has 0 aliphatic heterocycles. The summed E-state index contributed by atoms with van der Waals surface area (Å²) < 4.78 is 12.5. The molecule has 8 nitrogen and oxygen atoms in total. The smallest absolute Gasteiger partial charge is 0.258 e. The Hall–Kier alpha value is -3.94. The summed E-state index contributed by atoms with van der Waals surface area (Å²) in [5, 5.41) is 7.33. The molecule has 2 aromatic carbocycles. The number of rotatable bonds is 7. The van der Waals surface area contributed by atoms with Crippen LogP contribution in [0.1, 0.15) is 29.9 Å². The summed E-state index contributed by atoms with van der Waals surface area (Å²) >= 11 is 0. The molecule has 0 aliphatic rings. The highest BCUT2D eigenvalue weighted by molar-refractivity contribution is 5.78. The average molecular weight is 431 g/mol. The Morgan fingerprint density at radius 1 is 1.12 bits per heavy atom. The second-order valence-corrected chi connectivity index (χ2v) is 7.57. The number of aromatic nitrogens is 4. The Morgan fingerprint density at radius 2 is 1.84 bits per heavy atom. The number of aryl methyl sites for hydroxylation is 2. The van der Waals surface area contributed by atoms with Gasteiger partial charge in [0.05, 0.1) is 18.8 Å². The molecule has 0 radical (unpaired) electrons. The van der Waals surface area contributed by atoms with E-state index in [1.165, 1.54) is 0 Å². The molecule has 0 fully saturated rings. The molecule has 1 N–H and O–H groups in total. The average Bonchev–Trinajstić information content (AvgIpc) is 3.22. The molecule has 1 atom stereocenters. The van der Waals surface area contributed by atoms with Crippen molar-refractivity contribution in [1.29, 1.82) is 0 Å². The number of nitrogens with one attached hydrogen (secondary N) is 1. The number of carbonyl (C=O) groups excluding carboxylic acids is 1. The molecule has 32 heavy (non-hydrogen) atoms. The number of carbonyl (C=O) groups is 1. The van der Waals surface area contributed by atoms with Gasteiger partial charge < -0.3 is 14.8 Å². The summed E-state index contributed by atoms with van der Waals surface area (Å²) in [6.07, 6.45) is 1.62. The van der Waals surface area contributed by atoms with Crippen LogP contribution in [0.5, 0.6) is 11.5 Å². The van der Waals surface area contributed by atoms with Crippen LogP contribution in [0, 0.1) is 13.8 Å². The van der Waals surface area contributed by atoms with Gasteiger partial charge >= 0.3 is 0 Å². The van der Waals surface area contributed by atoms with Gasteiger partial charge in [-0.1, -0.05) is 18.2 Å². The largest absolute Gasteiger partial charge is 0.497 e. The maximum absolute atomic E-state index is 12.4. The van der Waals surface area contributed by atoms with Gasteiger partial charge in [0.15, 0.2) is 18.1 Å². The number of hydrogen-bond acceptors (Lipinski definition) is 6. The van der Waals surface area contributed by atoms with Gasteiger partial charge in [-0.05, 0) is 56.2 Å². The number of para-hydroxylation sites is 1. The van der Waals surface area contributed by atoms with Crippen LogP contribution in [0.3, 0.4) is 0 Å². The second kappa shape index (κ2) is 9.05. The van der Waals surface area contributed by atoms with E-state index in [2.05, 4.69) is 20.4 Å². The minimum Gasteiger partial charge on any atom is -0.497 e. The molecule has 4 aromatic rings. The molecule has 0 saturated heterocycles. The lowest BCUT2D eigenvalue weighted by molar-refractivity contribution is -0.123. The van der Waals surface area contributed by atoms with Crippen LogP contribution in [0.4, 0.5) is 0 Å². The maximum atomic E-state index is 12.4. The predicted molar refractivity (Wildman–Crippen MR) is 121 cm³/mol. The fraction of sp³-hybridized carbons (Fsp3) is 0.250. The van der Waals surface area contributed by atoms with Gasteiger partial charge in [-0.25, -0.2) is 14.5 Å². The SMILES string of the molecule is COc1ccc(-c2cc3nc([C@H](C)NC(=O)COc4c(C)cccc4C)nn3cn2)cc1. The van der Waals surface area contributed by atoms with E-state index in [4.69, 9.17) is 9.47 Å². The molecule has 2 aromatic heterocycles. The first-order valence-electron chi connectivity index (χ1n) is 10.3. The van der Waals surface area contributed by atoms with E-state index in [9.17, 15) is 4.79 Å². The Labute approximate surface area is 186 Å². The lowest BCUT2D eigenvalue weighted by atomic mass is 10.1. The van der Waals surface area contributed by atoms with Crippen molar-refractivity contribution in [3.8, 4) is 22.8 Å². The van der Waals surface area contributed by atoms with Crippen molar-refractivity contribution in [1.82, 2.24) is 24.9 Å². The number of benzene rings is 2. The molecular weight excluding hydrogens is 406 g/mol. The Morgan fingerprint density at radius 3 is 2.53 bits per heavy atom. The molecule has 0 spiro atoms. The van der Waals surface area contributed by atoms with Crippen LogP contribution in [-0.4, -0.2) is 39.2 Å². The number of nitrogens with zero attached hydrogens (tertiary/aromatic N) is 4. The summed E-state index contributed by atoms with van der Waals surface area (Å²) in [6.45, 7) is 5.67. The van der Waals surface area contributed by atoms with Gasteiger partial charge in [0.1, 0.15) is 17.8 Å². The van der Waals surface area contributed by atoms with Gasteiger partial charge in [-0.3, -0.25) is 4.79 Å². The Balaban J connectivity index is 1.44. The third-order valence-electron chi connectivity index (χ3n) is 5.15. The van der Waals surface area contributed by atoms with Crippen molar-refractivity contribution in [3.63, 3.8) is 0 Å². The third kappa shape index (κ3) is 4.54.